The molecule has 0 saturated heterocycles. The minimum absolute atomic E-state index is 0.614. The van der Waals surface area contributed by atoms with E-state index in [1.165, 1.54) is 0 Å². The monoisotopic (exact) mass is 735 g/mol. The Labute approximate surface area is 325 Å². The summed E-state index contributed by atoms with van der Waals surface area (Å²) >= 11 is 1.75. The van der Waals surface area contributed by atoms with Gasteiger partial charge in [0.05, 0.1) is 0 Å². The second-order valence-corrected chi connectivity index (χ2v) is 14.7. The zero-order chi connectivity index (χ0) is 37.0. The summed E-state index contributed by atoms with van der Waals surface area (Å²) in [7, 11) is 0. The van der Waals surface area contributed by atoms with Crippen molar-refractivity contribution in [3.63, 3.8) is 0 Å². The van der Waals surface area contributed by atoms with Crippen LogP contribution in [0.3, 0.4) is 0 Å². The molecule has 7 heteroatoms. The number of hydrogen-bond donors (Lipinski definition) is 0. The number of para-hydroxylation sites is 1. The van der Waals surface area contributed by atoms with Crippen molar-refractivity contribution in [3.8, 4) is 67.9 Å². The molecule has 11 rings (SSSR count). The summed E-state index contributed by atoms with van der Waals surface area (Å²) in [5, 5.41) is 3.22. The average Bonchev–Trinajstić information content (AvgIpc) is 3.85. The summed E-state index contributed by atoms with van der Waals surface area (Å²) in [4.78, 5) is 25.4. The first-order valence-corrected chi connectivity index (χ1v) is 19.2. The maximum atomic E-state index is 6.51. The molecule has 0 fully saturated rings. The van der Waals surface area contributed by atoms with Gasteiger partial charge in [-0.25, -0.2) is 24.9 Å². The van der Waals surface area contributed by atoms with Gasteiger partial charge < -0.3 is 4.42 Å². The molecule has 6 nitrogen and oxygen atoms in total. The van der Waals surface area contributed by atoms with Crippen LogP contribution in [0.1, 0.15) is 0 Å². The van der Waals surface area contributed by atoms with Gasteiger partial charge in [0, 0.05) is 53.4 Å². The predicted molar refractivity (Wildman–Crippen MR) is 228 cm³/mol. The fourth-order valence-corrected chi connectivity index (χ4v) is 8.63. The number of fused-ring (bicyclic) bond motifs is 6. The predicted octanol–water partition coefficient (Wildman–Crippen LogP) is 12.9. The van der Waals surface area contributed by atoms with Crippen LogP contribution in [0.15, 0.2) is 180 Å². The van der Waals surface area contributed by atoms with Crippen molar-refractivity contribution >= 4 is 53.6 Å². The molecule has 0 radical (unpaired) electrons. The van der Waals surface area contributed by atoms with Crippen molar-refractivity contribution in [1.82, 2.24) is 24.9 Å². The van der Waals surface area contributed by atoms with Crippen LogP contribution in [0.25, 0.3) is 110 Å². The second kappa shape index (κ2) is 13.2. The zero-order valence-electron chi connectivity index (χ0n) is 29.8. The molecule has 0 aliphatic rings. The summed E-state index contributed by atoms with van der Waals surface area (Å²) in [6, 6.07) is 59.9. The Bertz CT molecular complexity index is 3250. The van der Waals surface area contributed by atoms with E-state index >= 15 is 0 Å². The van der Waals surface area contributed by atoms with Crippen molar-refractivity contribution < 1.29 is 4.42 Å². The highest BCUT2D eigenvalue weighted by molar-refractivity contribution is 7.26. The van der Waals surface area contributed by atoms with Crippen LogP contribution in [-0.4, -0.2) is 24.9 Å². The Morgan fingerprint density at radius 3 is 1.66 bits per heavy atom. The van der Waals surface area contributed by atoms with Crippen LogP contribution in [-0.2, 0) is 0 Å². The van der Waals surface area contributed by atoms with Crippen LogP contribution < -0.4 is 0 Å². The Balaban J connectivity index is 1.08. The normalized spacial score (nSPS) is 11.6. The molecule has 0 atom stereocenters. The number of nitrogens with zero attached hydrogens (tertiary/aromatic N) is 5. The molecule has 0 unspecified atom stereocenters. The lowest BCUT2D eigenvalue weighted by Gasteiger charge is -2.10. The highest BCUT2D eigenvalue weighted by Crippen LogP contribution is 2.44. The van der Waals surface area contributed by atoms with E-state index in [0.717, 1.165) is 81.3 Å². The van der Waals surface area contributed by atoms with Gasteiger partial charge in [0.1, 0.15) is 16.8 Å². The summed E-state index contributed by atoms with van der Waals surface area (Å²) in [5.74, 6) is 2.52. The molecule has 0 N–H and O–H groups in total. The van der Waals surface area contributed by atoms with Crippen LogP contribution >= 0.6 is 11.3 Å². The van der Waals surface area contributed by atoms with Gasteiger partial charge in [-0.2, -0.15) is 0 Å². The minimum atomic E-state index is 0.614. The van der Waals surface area contributed by atoms with Gasteiger partial charge in [-0.1, -0.05) is 140 Å². The summed E-state index contributed by atoms with van der Waals surface area (Å²) in [6.07, 6.45) is 0. The van der Waals surface area contributed by atoms with Crippen molar-refractivity contribution in [3.05, 3.63) is 176 Å². The smallest absolute Gasteiger partial charge is 0.180 e. The molecule has 0 aliphatic carbocycles. The van der Waals surface area contributed by atoms with Crippen LogP contribution in [0, 0.1) is 0 Å². The van der Waals surface area contributed by atoms with Gasteiger partial charge in [0.2, 0.25) is 0 Å². The maximum absolute atomic E-state index is 6.51. The van der Waals surface area contributed by atoms with E-state index in [2.05, 4.69) is 91.0 Å². The number of aromatic nitrogens is 5. The van der Waals surface area contributed by atoms with E-state index in [0.29, 0.717) is 28.9 Å². The lowest BCUT2D eigenvalue weighted by Crippen LogP contribution is -2.00. The molecule has 4 heterocycles. The molecule has 7 aromatic carbocycles. The summed E-state index contributed by atoms with van der Waals surface area (Å²) in [6.45, 7) is 0. The number of benzene rings is 7. The average molecular weight is 736 g/mol. The van der Waals surface area contributed by atoms with Crippen LogP contribution in [0.2, 0.25) is 0 Å². The fourth-order valence-electron chi connectivity index (χ4n) is 7.43. The molecule has 4 aromatic heterocycles. The lowest BCUT2D eigenvalue weighted by molar-refractivity contribution is 0.667. The largest absolute Gasteiger partial charge is 0.452 e. The first kappa shape index (κ1) is 32.1. The standard InChI is InChI=1S/C49H29N5OS/c1-4-14-30(15-5-1)33-20-12-21-34(28-33)48-52-47(32-18-8-3-9-19-32)53-49(54-48)35-26-27-41-39(29-35)36-23-13-24-38(45(36)56-41)43-44-42(37-22-10-11-25-40(37)55-44)50-46(51-43)31-16-6-2-7-17-31/h1-29H. The maximum Gasteiger partial charge on any atom is 0.180 e. The molecular formula is C49H29N5OS. The zero-order valence-corrected chi connectivity index (χ0v) is 30.6. The molecule has 0 spiro atoms. The third-order valence-corrected chi connectivity index (χ3v) is 11.4. The quantitative estimate of drug-likeness (QED) is 0.169. The SMILES string of the molecule is c1ccc(-c2cccc(-c3nc(-c4ccccc4)nc(-c4ccc5sc6c(-c7nc(-c8ccccc8)nc8c7oc7ccccc78)cccc6c5c4)n3)c2)cc1. The summed E-state index contributed by atoms with van der Waals surface area (Å²) < 4.78 is 8.79. The van der Waals surface area contributed by atoms with Crippen molar-refractivity contribution in [2.45, 2.75) is 0 Å². The van der Waals surface area contributed by atoms with Crippen LogP contribution in [0.4, 0.5) is 0 Å². The Morgan fingerprint density at radius 1 is 0.375 bits per heavy atom. The van der Waals surface area contributed by atoms with E-state index in [4.69, 9.17) is 29.3 Å². The highest BCUT2D eigenvalue weighted by Gasteiger charge is 2.21. The first-order valence-electron chi connectivity index (χ1n) is 18.4. The Hall–Kier alpha value is -7.35. The van der Waals surface area contributed by atoms with E-state index in [-0.39, 0.29) is 0 Å². The van der Waals surface area contributed by atoms with Gasteiger partial charge in [-0.05, 0) is 47.5 Å². The molecular weight excluding hydrogens is 707 g/mol. The van der Waals surface area contributed by atoms with E-state index < -0.39 is 0 Å². The number of hydrogen-bond acceptors (Lipinski definition) is 7. The van der Waals surface area contributed by atoms with E-state index in [9.17, 15) is 0 Å². The van der Waals surface area contributed by atoms with Gasteiger partial charge in [-0.15, -0.1) is 11.3 Å². The van der Waals surface area contributed by atoms with Gasteiger partial charge in [0.25, 0.3) is 0 Å². The fraction of sp³-hybridized carbons (Fsp3) is 0. The third-order valence-electron chi connectivity index (χ3n) is 10.2. The van der Waals surface area contributed by atoms with E-state index in [1.807, 2.05) is 84.9 Å². The lowest BCUT2D eigenvalue weighted by atomic mass is 10.0. The number of rotatable bonds is 6. The molecule has 0 saturated carbocycles. The topological polar surface area (TPSA) is 77.6 Å². The van der Waals surface area contributed by atoms with E-state index in [1.54, 1.807) is 11.3 Å². The van der Waals surface area contributed by atoms with Crippen molar-refractivity contribution in [2.75, 3.05) is 0 Å². The van der Waals surface area contributed by atoms with Crippen LogP contribution in [0.5, 0.6) is 0 Å². The van der Waals surface area contributed by atoms with Gasteiger partial charge >= 0.3 is 0 Å². The van der Waals surface area contributed by atoms with Crippen molar-refractivity contribution in [2.24, 2.45) is 0 Å². The summed E-state index contributed by atoms with van der Waals surface area (Å²) in [5.41, 5.74) is 10.0. The molecule has 0 amide bonds. The molecule has 0 aliphatic heterocycles. The Kier molecular flexibility index (Phi) is 7.57. The van der Waals surface area contributed by atoms with Gasteiger partial charge in [0.15, 0.2) is 28.9 Å². The van der Waals surface area contributed by atoms with Crippen molar-refractivity contribution in [1.29, 1.82) is 0 Å². The first-order chi connectivity index (χ1) is 27.7. The second-order valence-electron chi connectivity index (χ2n) is 13.7. The molecule has 262 valence electrons. The molecule has 56 heavy (non-hydrogen) atoms. The molecule has 11 aromatic rings. The third kappa shape index (κ3) is 5.52. The Morgan fingerprint density at radius 2 is 0.929 bits per heavy atom. The molecule has 0 bridgehead atoms. The highest BCUT2D eigenvalue weighted by atomic mass is 32.1. The van der Waals surface area contributed by atoms with Gasteiger partial charge in [-0.3, -0.25) is 0 Å². The number of furan rings is 1. The minimum Gasteiger partial charge on any atom is -0.452 e. The number of thiophene rings is 1.